The van der Waals surface area contributed by atoms with Gasteiger partial charge in [-0.05, 0) is 27.7 Å². The van der Waals surface area contributed by atoms with E-state index in [9.17, 15) is 0 Å². The number of hydrogen-bond acceptors (Lipinski definition) is 0. The van der Waals surface area contributed by atoms with Crippen molar-refractivity contribution in [2.75, 3.05) is 14.1 Å². The number of quaternary nitrogens is 1. The van der Waals surface area contributed by atoms with Crippen molar-refractivity contribution in [3.8, 4) is 0 Å². The molecule has 0 bridgehead atoms. The van der Waals surface area contributed by atoms with Crippen molar-refractivity contribution in [3.63, 3.8) is 0 Å². The fourth-order valence-corrected chi connectivity index (χ4v) is 2.66. The number of hydrogen-bond donors (Lipinski definition) is 0. The average Bonchev–Trinajstić information content (AvgIpc) is 2.30. The lowest BCUT2D eigenvalue weighted by Crippen LogP contribution is -2.56. The van der Waals surface area contributed by atoms with Crippen molar-refractivity contribution in [1.29, 1.82) is 0 Å². The predicted molar refractivity (Wildman–Crippen MR) is 63.3 cm³/mol. The standard InChI is InChI=1S/C13H26N/c1-7-11(2)10-13(4)9-8-12(3)14(13,5)6/h7,12H,8-10H2,1-6H3/q+1. The van der Waals surface area contributed by atoms with Crippen molar-refractivity contribution in [3.05, 3.63) is 11.6 Å². The maximum absolute atomic E-state index is 2.45. The van der Waals surface area contributed by atoms with Crippen molar-refractivity contribution in [2.24, 2.45) is 0 Å². The van der Waals surface area contributed by atoms with Crippen molar-refractivity contribution in [2.45, 2.75) is 58.5 Å². The minimum atomic E-state index is 0.454. The van der Waals surface area contributed by atoms with Crippen LogP contribution in [0.5, 0.6) is 0 Å². The summed E-state index contributed by atoms with van der Waals surface area (Å²) in [5, 5.41) is 0. The Balaban J connectivity index is 2.85. The fraction of sp³-hybridized carbons (Fsp3) is 0.846. The predicted octanol–water partition coefficient (Wildman–Crippen LogP) is 3.36. The zero-order valence-electron chi connectivity index (χ0n) is 10.7. The summed E-state index contributed by atoms with van der Waals surface area (Å²) < 4.78 is 1.18. The van der Waals surface area contributed by atoms with Crippen molar-refractivity contribution >= 4 is 0 Å². The normalized spacial score (nSPS) is 37.6. The number of likely N-dealkylation sites (tertiary alicyclic amines) is 1. The molecule has 0 N–H and O–H groups in total. The van der Waals surface area contributed by atoms with Gasteiger partial charge in [0, 0.05) is 19.3 Å². The Labute approximate surface area is 89.4 Å². The van der Waals surface area contributed by atoms with Gasteiger partial charge in [0.15, 0.2) is 0 Å². The summed E-state index contributed by atoms with van der Waals surface area (Å²) in [5.41, 5.74) is 1.99. The quantitative estimate of drug-likeness (QED) is 0.469. The van der Waals surface area contributed by atoms with Crippen LogP contribution in [0, 0.1) is 0 Å². The number of allylic oxidation sites excluding steroid dienone is 1. The molecule has 1 aliphatic heterocycles. The van der Waals surface area contributed by atoms with Crippen LogP contribution >= 0.6 is 0 Å². The monoisotopic (exact) mass is 196 g/mol. The molecule has 0 radical (unpaired) electrons. The van der Waals surface area contributed by atoms with E-state index in [1.807, 2.05) is 0 Å². The van der Waals surface area contributed by atoms with Gasteiger partial charge in [-0.15, -0.1) is 0 Å². The molecule has 1 aliphatic rings. The van der Waals surface area contributed by atoms with E-state index >= 15 is 0 Å². The van der Waals surface area contributed by atoms with Crippen LogP contribution in [0.15, 0.2) is 11.6 Å². The molecule has 14 heavy (non-hydrogen) atoms. The second-order valence-corrected chi connectivity index (χ2v) is 5.74. The molecule has 0 aromatic rings. The minimum absolute atomic E-state index is 0.454. The highest BCUT2D eigenvalue weighted by Gasteiger charge is 2.49. The molecule has 0 saturated carbocycles. The first-order valence-corrected chi connectivity index (χ1v) is 5.79. The Morgan fingerprint density at radius 3 is 2.43 bits per heavy atom. The third-order valence-corrected chi connectivity index (χ3v) is 4.75. The molecular weight excluding hydrogens is 170 g/mol. The summed E-state index contributed by atoms with van der Waals surface area (Å²) in [7, 11) is 4.78. The fourth-order valence-electron chi connectivity index (χ4n) is 2.66. The molecule has 82 valence electrons. The van der Waals surface area contributed by atoms with Gasteiger partial charge in [-0.1, -0.05) is 11.6 Å². The molecular formula is C13H26N+. The Bertz CT molecular complexity index is 240. The molecule has 1 heteroatoms. The Hall–Kier alpha value is -0.300. The number of nitrogens with zero attached hydrogens (tertiary/aromatic N) is 1. The summed E-state index contributed by atoms with van der Waals surface area (Å²) >= 11 is 0. The van der Waals surface area contributed by atoms with Crippen LogP contribution in [0.3, 0.4) is 0 Å². The Kier molecular flexibility index (Phi) is 3.10. The Morgan fingerprint density at radius 1 is 1.50 bits per heavy atom. The second-order valence-electron chi connectivity index (χ2n) is 5.74. The van der Waals surface area contributed by atoms with E-state index in [0.717, 1.165) is 6.04 Å². The Morgan fingerprint density at radius 2 is 2.07 bits per heavy atom. The zero-order valence-corrected chi connectivity index (χ0v) is 10.7. The van der Waals surface area contributed by atoms with Gasteiger partial charge < -0.3 is 4.48 Å². The van der Waals surface area contributed by atoms with Crippen molar-refractivity contribution in [1.82, 2.24) is 0 Å². The third kappa shape index (κ3) is 1.75. The van der Waals surface area contributed by atoms with Gasteiger partial charge in [0.25, 0.3) is 0 Å². The largest absolute Gasteiger partial charge is 0.321 e. The van der Waals surface area contributed by atoms with E-state index in [1.54, 1.807) is 0 Å². The summed E-state index contributed by atoms with van der Waals surface area (Å²) in [6, 6.07) is 0.810. The SMILES string of the molecule is CC=C(C)CC1(C)CCC(C)[N+]1(C)C. The van der Waals surface area contributed by atoms with E-state index in [0.29, 0.717) is 5.54 Å². The maximum atomic E-state index is 2.45. The van der Waals surface area contributed by atoms with Crippen LogP contribution in [0.2, 0.25) is 0 Å². The molecule has 1 rings (SSSR count). The molecule has 0 amide bonds. The summed E-state index contributed by atoms with van der Waals surface area (Å²) in [6.07, 6.45) is 6.25. The lowest BCUT2D eigenvalue weighted by Gasteiger charge is -2.44. The molecule has 0 aromatic carbocycles. The minimum Gasteiger partial charge on any atom is -0.321 e. The first-order chi connectivity index (χ1) is 6.33. The van der Waals surface area contributed by atoms with E-state index in [1.165, 1.54) is 29.3 Å². The molecule has 2 atom stereocenters. The maximum Gasteiger partial charge on any atom is 0.100 e. The van der Waals surface area contributed by atoms with Gasteiger partial charge in [0.2, 0.25) is 0 Å². The van der Waals surface area contributed by atoms with Crippen LogP contribution < -0.4 is 0 Å². The van der Waals surface area contributed by atoms with Gasteiger partial charge in [-0.3, -0.25) is 0 Å². The van der Waals surface area contributed by atoms with Crippen LogP contribution in [-0.4, -0.2) is 30.2 Å². The third-order valence-electron chi connectivity index (χ3n) is 4.75. The smallest absolute Gasteiger partial charge is 0.100 e. The highest BCUT2D eigenvalue weighted by molar-refractivity contribution is 5.03. The summed E-state index contributed by atoms with van der Waals surface area (Å²) in [5.74, 6) is 0. The molecule has 0 spiro atoms. The van der Waals surface area contributed by atoms with Gasteiger partial charge >= 0.3 is 0 Å². The first-order valence-electron chi connectivity index (χ1n) is 5.79. The van der Waals surface area contributed by atoms with Gasteiger partial charge in [-0.2, -0.15) is 0 Å². The van der Waals surface area contributed by atoms with Gasteiger partial charge in [0.05, 0.1) is 20.1 Å². The van der Waals surface area contributed by atoms with E-state index in [4.69, 9.17) is 0 Å². The molecule has 1 heterocycles. The van der Waals surface area contributed by atoms with Crippen LogP contribution in [-0.2, 0) is 0 Å². The summed E-state index contributed by atoms with van der Waals surface area (Å²) in [6.45, 7) is 9.24. The zero-order chi connectivity index (χ0) is 11.0. The van der Waals surface area contributed by atoms with Crippen LogP contribution in [0.1, 0.15) is 47.0 Å². The highest BCUT2D eigenvalue weighted by Crippen LogP contribution is 2.42. The molecule has 1 fully saturated rings. The topological polar surface area (TPSA) is 0 Å². The molecule has 2 unspecified atom stereocenters. The lowest BCUT2D eigenvalue weighted by atomic mass is 9.89. The summed E-state index contributed by atoms with van der Waals surface area (Å²) in [4.78, 5) is 0. The van der Waals surface area contributed by atoms with Gasteiger partial charge in [0.1, 0.15) is 5.54 Å². The highest BCUT2D eigenvalue weighted by atomic mass is 15.4. The molecule has 1 nitrogen and oxygen atoms in total. The molecule has 1 saturated heterocycles. The lowest BCUT2D eigenvalue weighted by molar-refractivity contribution is -0.946. The van der Waals surface area contributed by atoms with Gasteiger partial charge in [-0.25, -0.2) is 0 Å². The van der Waals surface area contributed by atoms with E-state index in [2.05, 4.69) is 47.9 Å². The van der Waals surface area contributed by atoms with Crippen molar-refractivity contribution < 1.29 is 4.48 Å². The molecule has 0 aliphatic carbocycles. The first kappa shape index (κ1) is 11.8. The van der Waals surface area contributed by atoms with Crippen LogP contribution in [0.4, 0.5) is 0 Å². The second kappa shape index (κ2) is 3.69. The van der Waals surface area contributed by atoms with E-state index in [-0.39, 0.29) is 0 Å². The van der Waals surface area contributed by atoms with Crippen LogP contribution in [0.25, 0.3) is 0 Å². The number of rotatable bonds is 2. The molecule has 0 aromatic heterocycles. The average molecular weight is 196 g/mol. The van der Waals surface area contributed by atoms with E-state index < -0.39 is 0 Å².